The number of aliphatic hydroxyl groups excluding tert-OH is 1. The summed E-state index contributed by atoms with van der Waals surface area (Å²) in [7, 11) is 2.26. The number of likely N-dealkylation sites (N-methyl/N-ethyl adjacent to an activating group) is 1. The zero-order chi connectivity index (χ0) is 23.7. The summed E-state index contributed by atoms with van der Waals surface area (Å²) in [5.41, 5.74) is -0.540. The van der Waals surface area contributed by atoms with E-state index in [1.54, 1.807) is 0 Å². The maximum absolute atomic E-state index is 13.0. The van der Waals surface area contributed by atoms with Gasteiger partial charge in [-0.1, -0.05) is 20.3 Å². The van der Waals surface area contributed by atoms with E-state index < -0.39 is 5.60 Å². The zero-order valence-electron chi connectivity index (χ0n) is 22.2. The average molecular weight is 474 g/mol. The maximum atomic E-state index is 13.0. The summed E-state index contributed by atoms with van der Waals surface area (Å²) >= 11 is 0. The number of rotatable bonds is 2. The third kappa shape index (κ3) is 3.36. The van der Waals surface area contributed by atoms with Gasteiger partial charge < -0.3 is 15.1 Å². The fraction of sp³-hybridized carbons (Fsp3) is 1.00. The Bertz CT molecular complexity index is 750. The Kier molecular flexibility index (Phi) is 6.17. The Labute approximate surface area is 208 Å². The van der Waals surface area contributed by atoms with E-state index in [1.807, 2.05) is 0 Å². The number of hydrogen-bond acceptors (Lipinski definition) is 5. The van der Waals surface area contributed by atoms with Crippen LogP contribution < -0.4 is 0 Å². The molecule has 6 aliphatic rings. The predicted molar refractivity (Wildman–Crippen MR) is 137 cm³/mol. The van der Waals surface area contributed by atoms with Gasteiger partial charge in [-0.3, -0.25) is 9.80 Å². The Hall–Kier alpha value is -0.200. The SMILES string of the molecule is CN1CCN(C2CCCC3(O)C(N4CCCCC4)C[C@@H]4[C@@H](CC[C@]5(C)C(O)CC[C@@H]45)[C@@]23C)CC1. The molecule has 4 aliphatic carbocycles. The van der Waals surface area contributed by atoms with E-state index in [4.69, 9.17) is 0 Å². The molecule has 0 aromatic carbocycles. The fourth-order valence-corrected chi connectivity index (χ4v) is 10.7. The highest BCUT2D eigenvalue weighted by Crippen LogP contribution is 2.68. The van der Waals surface area contributed by atoms with E-state index in [0.717, 1.165) is 45.4 Å². The van der Waals surface area contributed by atoms with Crippen LogP contribution in [0.5, 0.6) is 0 Å². The van der Waals surface area contributed by atoms with Crippen molar-refractivity contribution in [1.82, 2.24) is 14.7 Å². The molecule has 5 nitrogen and oxygen atoms in total. The molecule has 0 aromatic heterocycles. The molecule has 0 radical (unpaired) electrons. The largest absolute Gasteiger partial charge is 0.393 e. The highest BCUT2D eigenvalue weighted by Gasteiger charge is 2.70. The molecular formula is C29H51N3O2. The van der Waals surface area contributed by atoms with Gasteiger partial charge in [0, 0.05) is 43.7 Å². The minimum absolute atomic E-state index is 0.0545. The second-order valence-electron chi connectivity index (χ2n) is 13.8. The third-order valence-electron chi connectivity index (χ3n) is 12.7. The lowest BCUT2D eigenvalue weighted by atomic mass is 9.41. The van der Waals surface area contributed by atoms with Crippen LogP contribution in [0.25, 0.3) is 0 Å². The molecule has 4 saturated carbocycles. The molecule has 34 heavy (non-hydrogen) atoms. The van der Waals surface area contributed by atoms with Gasteiger partial charge in [0.25, 0.3) is 0 Å². The summed E-state index contributed by atoms with van der Waals surface area (Å²) in [6.07, 6.45) is 12.9. The first kappa shape index (κ1) is 24.2. The standard InChI is InChI=1S/C29H51N3O2/c1-27-13-11-23-21(22(27)9-10-26(27)33)20-25(31-14-5-4-6-15-31)29(34)12-7-8-24(28(23,29)2)32-18-16-30(3)17-19-32/h21-26,33-34H,4-20H2,1-3H3/t21-,22-,23+,24?,25?,26?,27-,28-,29?/m0/s1. The van der Waals surface area contributed by atoms with Gasteiger partial charge >= 0.3 is 0 Å². The first-order valence-corrected chi connectivity index (χ1v) is 14.9. The van der Waals surface area contributed by atoms with Gasteiger partial charge in [-0.15, -0.1) is 0 Å². The van der Waals surface area contributed by atoms with Crippen LogP contribution in [0.1, 0.15) is 84.5 Å². The molecule has 2 heterocycles. The smallest absolute Gasteiger partial charge is 0.0873 e. The van der Waals surface area contributed by atoms with E-state index in [-0.39, 0.29) is 16.9 Å². The Balaban J connectivity index is 1.41. The number of nitrogens with zero attached hydrogens (tertiary/aromatic N) is 3. The summed E-state index contributed by atoms with van der Waals surface area (Å²) in [5.74, 6) is 1.87. The zero-order valence-corrected chi connectivity index (χ0v) is 22.2. The molecule has 0 bridgehead atoms. The second-order valence-corrected chi connectivity index (χ2v) is 13.8. The summed E-state index contributed by atoms with van der Waals surface area (Å²) < 4.78 is 0. The number of hydrogen-bond donors (Lipinski definition) is 2. The number of piperazine rings is 1. The topological polar surface area (TPSA) is 50.2 Å². The van der Waals surface area contributed by atoms with Crippen molar-refractivity contribution >= 4 is 0 Å². The first-order chi connectivity index (χ1) is 16.3. The summed E-state index contributed by atoms with van der Waals surface area (Å²) in [4.78, 5) is 8.01. The Morgan fingerprint density at radius 3 is 2.15 bits per heavy atom. The molecule has 4 unspecified atom stereocenters. The van der Waals surface area contributed by atoms with Gasteiger partial charge in [-0.2, -0.15) is 0 Å². The molecule has 2 N–H and O–H groups in total. The van der Waals surface area contributed by atoms with E-state index in [0.29, 0.717) is 29.8 Å². The van der Waals surface area contributed by atoms with Gasteiger partial charge in [0.1, 0.15) is 0 Å². The van der Waals surface area contributed by atoms with Crippen molar-refractivity contribution in [2.24, 2.45) is 28.6 Å². The summed E-state index contributed by atoms with van der Waals surface area (Å²) in [6.45, 7) is 11.9. The number of likely N-dealkylation sites (tertiary alicyclic amines) is 1. The van der Waals surface area contributed by atoms with Crippen LogP contribution >= 0.6 is 0 Å². The lowest BCUT2D eigenvalue weighted by molar-refractivity contribution is -0.263. The Morgan fingerprint density at radius 2 is 1.41 bits per heavy atom. The van der Waals surface area contributed by atoms with Crippen LogP contribution in [0, 0.1) is 28.6 Å². The van der Waals surface area contributed by atoms with Crippen molar-refractivity contribution in [1.29, 1.82) is 0 Å². The van der Waals surface area contributed by atoms with Gasteiger partial charge in [-0.05, 0) is 108 Å². The van der Waals surface area contributed by atoms with Crippen LogP contribution in [0.3, 0.4) is 0 Å². The molecule has 0 aromatic rings. The molecule has 194 valence electrons. The molecule has 9 atom stereocenters. The lowest BCUT2D eigenvalue weighted by Gasteiger charge is -2.70. The molecule has 0 spiro atoms. The molecule has 5 heteroatoms. The average Bonchev–Trinajstić information content (AvgIpc) is 3.14. The fourth-order valence-electron chi connectivity index (χ4n) is 10.7. The predicted octanol–water partition coefficient (Wildman–Crippen LogP) is 3.59. The van der Waals surface area contributed by atoms with E-state index in [9.17, 15) is 10.2 Å². The number of aliphatic hydroxyl groups is 2. The van der Waals surface area contributed by atoms with Crippen molar-refractivity contribution in [3.05, 3.63) is 0 Å². The second kappa shape index (κ2) is 8.68. The molecule has 2 aliphatic heterocycles. The number of fused-ring (bicyclic) bond motifs is 5. The van der Waals surface area contributed by atoms with E-state index in [1.165, 1.54) is 64.5 Å². The maximum Gasteiger partial charge on any atom is 0.0873 e. The van der Waals surface area contributed by atoms with Crippen molar-refractivity contribution in [2.75, 3.05) is 46.3 Å². The van der Waals surface area contributed by atoms with Crippen LogP contribution in [-0.2, 0) is 0 Å². The lowest BCUT2D eigenvalue weighted by Crippen LogP contribution is -2.76. The van der Waals surface area contributed by atoms with Crippen LogP contribution in [0.15, 0.2) is 0 Å². The van der Waals surface area contributed by atoms with Crippen LogP contribution in [0.4, 0.5) is 0 Å². The van der Waals surface area contributed by atoms with Crippen LogP contribution in [0.2, 0.25) is 0 Å². The number of piperidine rings is 1. The molecule has 2 saturated heterocycles. The monoisotopic (exact) mass is 473 g/mol. The highest BCUT2D eigenvalue weighted by molar-refractivity contribution is 5.21. The van der Waals surface area contributed by atoms with Crippen molar-refractivity contribution < 1.29 is 10.2 Å². The molecule has 6 fully saturated rings. The Morgan fingerprint density at radius 1 is 0.706 bits per heavy atom. The molecule has 0 amide bonds. The van der Waals surface area contributed by atoms with Crippen molar-refractivity contribution in [2.45, 2.75) is 108 Å². The highest BCUT2D eigenvalue weighted by atomic mass is 16.3. The minimum Gasteiger partial charge on any atom is -0.393 e. The van der Waals surface area contributed by atoms with Gasteiger partial charge in [0.2, 0.25) is 0 Å². The van der Waals surface area contributed by atoms with Crippen molar-refractivity contribution in [3.8, 4) is 0 Å². The normalized spacial score (nSPS) is 53.2. The molecule has 6 rings (SSSR count). The van der Waals surface area contributed by atoms with Gasteiger partial charge in [-0.25, -0.2) is 0 Å². The van der Waals surface area contributed by atoms with E-state index >= 15 is 0 Å². The van der Waals surface area contributed by atoms with Crippen molar-refractivity contribution in [3.63, 3.8) is 0 Å². The first-order valence-electron chi connectivity index (χ1n) is 14.9. The summed E-state index contributed by atoms with van der Waals surface area (Å²) in [6, 6.07) is 0.796. The van der Waals surface area contributed by atoms with Crippen LogP contribution in [-0.4, -0.2) is 95.0 Å². The molecular weight excluding hydrogens is 422 g/mol. The quantitative estimate of drug-likeness (QED) is 0.642. The van der Waals surface area contributed by atoms with Gasteiger partial charge in [0.05, 0.1) is 11.7 Å². The van der Waals surface area contributed by atoms with Gasteiger partial charge in [0.15, 0.2) is 0 Å². The summed E-state index contributed by atoms with van der Waals surface area (Å²) in [5, 5.41) is 24.0. The van der Waals surface area contributed by atoms with E-state index in [2.05, 4.69) is 35.6 Å². The minimum atomic E-state index is -0.581. The third-order valence-corrected chi connectivity index (χ3v) is 12.7.